The molecular formula is C18H15F2N3O. The molecule has 3 aromatic rings. The van der Waals surface area contributed by atoms with Crippen molar-refractivity contribution in [2.24, 2.45) is 0 Å². The Kier molecular flexibility index (Phi) is 3.82. The Morgan fingerprint density at radius 2 is 2.08 bits per heavy atom. The summed E-state index contributed by atoms with van der Waals surface area (Å²) in [5.41, 5.74) is 2.35. The van der Waals surface area contributed by atoms with Crippen LogP contribution in [0.4, 0.5) is 8.78 Å². The molecule has 122 valence electrons. The van der Waals surface area contributed by atoms with E-state index >= 15 is 0 Å². The van der Waals surface area contributed by atoms with Crippen molar-refractivity contribution in [3.63, 3.8) is 0 Å². The van der Waals surface area contributed by atoms with Gasteiger partial charge in [0.2, 0.25) is 0 Å². The molecule has 4 nitrogen and oxygen atoms in total. The molecule has 0 fully saturated rings. The van der Waals surface area contributed by atoms with Crippen molar-refractivity contribution >= 4 is 0 Å². The molecule has 0 saturated heterocycles. The summed E-state index contributed by atoms with van der Waals surface area (Å²) in [7, 11) is 0. The largest absolute Gasteiger partial charge is 0.461 e. The first-order valence-corrected chi connectivity index (χ1v) is 7.74. The van der Waals surface area contributed by atoms with Gasteiger partial charge in [-0.05, 0) is 18.2 Å². The predicted molar refractivity (Wildman–Crippen MR) is 83.9 cm³/mol. The molecule has 1 aromatic carbocycles. The highest BCUT2D eigenvalue weighted by Gasteiger charge is 2.21. The number of fused-ring (bicyclic) bond motifs is 1. The maximum Gasteiger partial charge on any atom is 0.195 e. The lowest BCUT2D eigenvalue weighted by molar-refractivity contribution is 0.238. The molecule has 2 aromatic heterocycles. The molecule has 0 amide bonds. The SMILES string of the molecule is Fc1cccc(CN2CCc3nc(-c4ccco4)ncc3C2)c1F. The van der Waals surface area contributed by atoms with Crippen LogP contribution in [0.3, 0.4) is 0 Å². The zero-order valence-corrected chi connectivity index (χ0v) is 12.9. The highest BCUT2D eigenvalue weighted by molar-refractivity contribution is 5.46. The monoisotopic (exact) mass is 327 g/mol. The van der Waals surface area contributed by atoms with Crippen LogP contribution in [-0.4, -0.2) is 21.4 Å². The Balaban J connectivity index is 1.53. The second-order valence-corrected chi connectivity index (χ2v) is 5.82. The number of furan rings is 1. The summed E-state index contributed by atoms with van der Waals surface area (Å²) in [6.45, 7) is 1.71. The summed E-state index contributed by atoms with van der Waals surface area (Å²) in [6.07, 6.45) is 4.12. The highest BCUT2D eigenvalue weighted by Crippen LogP contribution is 2.23. The van der Waals surface area contributed by atoms with Gasteiger partial charge in [0.05, 0.1) is 12.0 Å². The van der Waals surface area contributed by atoms with E-state index in [1.54, 1.807) is 24.6 Å². The van der Waals surface area contributed by atoms with Crippen LogP contribution >= 0.6 is 0 Å². The van der Waals surface area contributed by atoms with Gasteiger partial charge in [0, 0.05) is 43.4 Å². The van der Waals surface area contributed by atoms with Gasteiger partial charge >= 0.3 is 0 Å². The van der Waals surface area contributed by atoms with E-state index in [9.17, 15) is 8.78 Å². The molecule has 1 aliphatic rings. The van der Waals surface area contributed by atoms with E-state index in [1.807, 2.05) is 6.07 Å². The fourth-order valence-electron chi connectivity index (χ4n) is 2.95. The van der Waals surface area contributed by atoms with Gasteiger partial charge < -0.3 is 4.42 Å². The van der Waals surface area contributed by atoms with Crippen molar-refractivity contribution in [1.82, 2.24) is 14.9 Å². The van der Waals surface area contributed by atoms with Crippen LogP contribution in [0, 0.1) is 11.6 Å². The molecule has 3 heterocycles. The van der Waals surface area contributed by atoms with Crippen molar-refractivity contribution in [1.29, 1.82) is 0 Å². The normalized spacial score (nSPS) is 14.6. The molecule has 24 heavy (non-hydrogen) atoms. The first kappa shape index (κ1) is 15.0. The van der Waals surface area contributed by atoms with E-state index in [0.29, 0.717) is 30.2 Å². The minimum Gasteiger partial charge on any atom is -0.461 e. The predicted octanol–water partition coefficient (Wildman–Crippen LogP) is 3.57. The lowest BCUT2D eigenvalue weighted by Gasteiger charge is -2.28. The quantitative estimate of drug-likeness (QED) is 0.737. The Labute approximate surface area is 137 Å². The lowest BCUT2D eigenvalue weighted by Crippen LogP contribution is -2.31. The minimum absolute atomic E-state index is 0.364. The number of nitrogens with zero attached hydrogens (tertiary/aromatic N) is 3. The van der Waals surface area contributed by atoms with Crippen molar-refractivity contribution in [3.8, 4) is 11.6 Å². The average Bonchev–Trinajstić information content (AvgIpc) is 3.13. The topological polar surface area (TPSA) is 42.2 Å². The van der Waals surface area contributed by atoms with E-state index in [-0.39, 0.29) is 0 Å². The third kappa shape index (κ3) is 2.80. The molecular weight excluding hydrogens is 312 g/mol. The molecule has 0 aliphatic carbocycles. The standard InChI is InChI=1S/C18H15F2N3O/c19-14-4-1-3-12(17(14)20)10-23-7-6-15-13(11-23)9-21-18(22-15)16-5-2-8-24-16/h1-5,8-9H,6-7,10-11H2. The Morgan fingerprint density at radius 3 is 2.92 bits per heavy atom. The average molecular weight is 327 g/mol. The van der Waals surface area contributed by atoms with Crippen LogP contribution in [0.15, 0.2) is 47.2 Å². The molecule has 1 aliphatic heterocycles. The van der Waals surface area contributed by atoms with Crippen LogP contribution in [0.5, 0.6) is 0 Å². The van der Waals surface area contributed by atoms with Gasteiger partial charge in [0.15, 0.2) is 23.2 Å². The fraction of sp³-hybridized carbons (Fsp3) is 0.222. The molecule has 0 bridgehead atoms. The number of halogens is 2. The molecule has 0 unspecified atom stereocenters. The smallest absolute Gasteiger partial charge is 0.195 e. The number of aromatic nitrogens is 2. The van der Waals surface area contributed by atoms with Crippen LogP contribution in [-0.2, 0) is 19.5 Å². The maximum atomic E-state index is 13.8. The molecule has 4 rings (SSSR count). The Hall–Kier alpha value is -2.60. The van der Waals surface area contributed by atoms with Gasteiger partial charge in [-0.2, -0.15) is 0 Å². The molecule has 0 N–H and O–H groups in total. The zero-order chi connectivity index (χ0) is 16.5. The summed E-state index contributed by atoms with van der Waals surface area (Å²) < 4.78 is 32.5. The highest BCUT2D eigenvalue weighted by atomic mass is 19.2. The summed E-state index contributed by atoms with van der Waals surface area (Å²) >= 11 is 0. The van der Waals surface area contributed by atoms with E-state index < -0.39 is 11.6 Å². The molecule has 0 atom stereocenters. The van der Waals surface area contributed by atoms with Crippen molar-refractivity contribution in [3.05, 3.63) is 71.2 Å². The molecule has 6 heteroatoms. The second kappa shape index (κ2) is 6.13. The van der Waals surface area contributed by atoms with E-state index in [2.05, 4.69) is 14.9 Å². The third-order valence-corrected chi connectivity index (χ3v) is 4.18. The first-order chi connectivity index (χ1) is 11.7. The van der Waals surface area contributed by atoms with Gasteiger partial charge in [-0.3, -0.25) is 4.90 Å². The summed E-state index contributed by atoms with van der Waals surface area (Å²) in [4.78, 5) is 11.0. The summed E-state index contributed by atoms with van der Waals surface area (Å²) in [5.74, 6) is -0.366. The Morgan fingerprint density at radius 1 is 1.17 bits per heavy atom. The number of hydrogen-bond acceptors (Lipinski definition) is 4. The van der Waals surface area contributed by atoms with E-state index in [4.69, 9.17) is 4.42 Å². The van der Waals surface area contributed by atoms with Crippen LogP contribution in [0.25, 0.3) is 11.6 Å². The van der Waals surface area contributed by atoms with Crippen molar-refractivity contribution < 1.29 is 13.2 Å². The maximum absolute atomic E-state index is 13.8. The minimum atomic E-state index is -0.809. The number of hydrogen-bond donors (Lipinski definition) is 0. The van der Waals surface area contributed by atoms with Crippen LogP contribution < -0.4 is 0 Å². The van der Waals surface area contributed by atoms with Gasteiger partial charge in [0.1, 0.15) is 0 Å². The van der Waals surface area contributed by atoms with Gasteiger partial charge in [-0.15, -0.1) is 0 Å². The molecule has 0 saturated carbocycles. The fourth-order valence-corrected chi connectivity index (χ4v) is 2.95. The van der Waals surface area contributed by atoms with Crippen molar-refractivity contribution in [2.75, 3.05) is 6.54 Å². The van der Waals surface area contributed by atoms with Gasteiger partial charge in [-0.1, -0.05) is 12.1 Å². The van der Waals surface area contributed by atoms with E-state index in [0.717, 1.165) is 30.3 Å². The number of rotatable bonds is 3. The lowest BCUT2D eigenvalue weighted by atomic mass is 10.1. The van der Waals surface area contributed by atoms with Crippen LogP contribution in [0.1, 0.15) is 16.8 Å². The molecule has 0 radical (unpaired) electrons. The van der Waals surface area contributed by atoms with Crippen LogP contribution in [0.2, 0.25) is 0 Å². The zero-order valence-electron chi connectivity index (χ0n) is 12.9. The van der Waals surface area contributed by atoms with E-state index in [1.165, 1.54) is 6.07 Å². The van der Waals surface area contributed by atoms with Gasteiger partial charge in [0.25, 0.3) is 0 Å². The first-order valence-electron chi connectivity index (χ1n) is 7.74. The van der Waals surface area contributed by atoms with Gasteiger partial charge in [-0.25, -0.2) is 18.7 Å². The van der Waals surface area contributed by atoms with Crippen molar-refractivity contribution in [2.45, 2.75) is 19.5 Å². The second-order valence-electron chi connectivity index (χ2n) is 5.82. The number of benzene rings is 1. The Bertz CT molecular complexity index is 865. The summed E-state index contributed by atoms with van der Waals surface area (Å²) in [6, 6.07) is 7.90. The molecule has 0 spiro atoms. The summed E-state index contributed by atoms with van der Waals surface area (Å²) in [5, 5.41) is 0. The third-order valence-electron chi connectivity index (χ3n) is 4.18.